The molecule has 0 saturated carbocycles. The molecule has 1 unspecified atom stereocenters. The molecule has 15 heavy (non-hydrogen) atoms. The molecule has 0 amide bonds. The molecule has 0 aliphatic carbocycles. The second-order valence-corrected chi connectivity index (χ2v) is 3.99. The summed E-state index contributed by atoms with van der Waals surface area (Å²) in [6, 6.07) is 3.63. The van der Waals surface area contributed by atoms with Gasteiger partial charge in [-0.1, -0.05) is 20.3 Å². The molecule has 3 heteroatoms. The number of rotatable bonds is 6. The van der Waals surface area contributed by atoms with Gasteiger partial charge in [0, 0.05) is 18.5 Å². The van der Waals surface area contributed by atoms with Crippen LogP contribution >= 0.6 is 0 Å². The van der Waals surface area contributed by atoms with Crippen LogP contribution in [0.15, 0.2) is 18.3 Å². The molecule has 0 fully saturated rings. The second-order valence-electron chi connectivity index (χ2n) is 3.99. The molecular weight excluding hydrogens is 188 g/mol. The van der Waals surface area contributed by atoms with Crippen molar-refractivity contribution in [3.63, 3.8) is 0 Å². The Morgan fingerprint density at radius 1 is 1.53 bits per heavy atom. The zero-order chi connectivity index (χ0) is 11.1. The summed E-state index contributed by atoms with van der Waals surface area (Å²) in [5.41, 5.74) is 7.28. The van der Waals surface area contributed by atoms with Crippen LogP contribution in [0.3, 0.4) is 0 Å². The maximum atomic E-state index is 5.64. The van der Waals surface area contributed by atoms with Crippen molar-refractivity contribution >= 4 is 5.69 Å². The highest BCUT2D eigenvalue weighted by Gasteiger charge is 2.01. The van der Waals surface area contributed by atoms with E-state index < -0.39 is 0 Å². The number of hydrogen-bond donors (Lipinski definition) is 1. The summed E-state index contributed by atoms with van der Waals surface area (Å²) in [6.07, 6.45) is 4.13. The van der Waals surface area contributed by atoms with E-state index in [2.05, 4.69) is 18.8 Å². The third-order valence-corrected chi connectivity index (χ3v) is 2.27. The quantitative estimate of drug-likeness (QED) is 0.781. The molecule has 3 nitrogen and oxygen atoms in total. The van der Waals surface area contributed by atoms with Crippen molar-refractivity contribution < 1.29 is 4.74 Å². The number of nitrogens with two attached hydrogens (primary N) is 1. The highest BCUT2D eigenvalue weighted by Crippen LogP contribution is 2.08. The van der Waals surface area contributed by atoms with Crippen LogP contribution in [0.5, 0.6) is 0 Å². The van der Waals surface area contributed by atoms with E-state index in [4.69, 9.17) is 10.5 Å². The summed E-state index contributed by atoms with van der Waals surface area (Å²) < 4.78 is 5.57. The molecule has 0 aliphatic rings. The van der Waals surface area contributed by atoms with Crippen LogP contribution in [0.2, 0.25) is 0 Å². The van der Waals surface area contributed by atoms with E-state index >= 15 is 0 Å². The van der Waals surface area contributed by atoms with Crippen LogP contribution < -0.4 is 5.73 Å². The number of pyridine rings is 1. The highest BCUT2D eigenvalue weighted by molar-refractivity contribution is 5.36. The Labute approximate surface area is 91.7 Å². The van der Waals surface area contributed by atoms with Gasteiger partial charge in [0.25, 0.3) is 0 Å². The van der Waals surface area contributed by atoms with Crippen molar-refractivity contribution in [3.05, 3.63) is 24.0 Å². The predicted octanol–water partition coefficient (Wildman–Crippen LogP) is 2.62. The van der Waals surface area contributed by atoms with Gasteiger partial charge in [0.05, 0.1) is 12.3 Å². The van der Waals surface area contributed by atoms with Crippen LogP contribution in [0.25, 0.3) is 0 Å². The normalized spacial score (nSPS) is 12.7. The van der Waals surface area contributed by atoms with Crippen molar-refractivity contribution in [2.75, 3.05) is 12.3 Å². The first-order valence-corrected chi connectivity index (χ1v) is 5.50. The fraction of sp³-hybridized carbons (Fsp3) is 0.583. The number of nitrogens with zero attached hydrogens (tertiary/aromatic N) is 1. The standard InChI is InChI=1S/C12H20N2O/c1-3-4-10(2)8-15-9-12-7-11(13)5-6-14-12/h5-7,10H,3-4,8-9H2,1-2H3,(H2,13,14). The summed E-state index contributed by atoms with van der Waals surface area (Å²) in [5, 5.41) is 0. The van der Waals surface area contributed by atoms with E-state index in [9.17, 15) is 0 Å². The van der Waals surface area contributed by atoms with Gasteiger partial charge in [-0.3, -0.25) is 4.98 Å². The van der Waals surface area contributed by atoms with E-state index in [-0.39, 0.29) is 0 Å². The minimum absolute atomic E-state index is 0.555. The lowest BCUT2D eigenvalue weighted by molar-refractivity contribution is 0.0872. The molecule has 0 bridgehead atoms. The Kier molecular flexibility index (Phi) is 5.12. The van der Waals surface area contributed by atoms with Crippen LogP contribution in [0.1, 0.15) is 32.4 Å². The topological polar surface area (TPSA) is 48.1 Å². The van der Waals surface area contributed by atoms with Gasteiger partial charge in [0.15, 0.2) is 0 Å². The zero-order valence-corrected chi connectivity index (χ0v) is 9.57. The van der Waals surface area contributed by atoms with Gasteiger partial charge in [0.1, 0.15) is 0 Å². The van der Waals surface area contributed by atoms with Crippen molar-refractivity contribution in [2.45, 2.75) is 33.3 Å². The molecular formula is C12H20N2O. The fourth-order valence-corrected chi connectivity index (χ4v) is 1.52. The Morgan fingerprint density at radius 2 is 2.33 bits per heavy atom. The monoisotopic (exact) mass is 208 g/mol. The Bertz CT molecular complexity index is 289. The summed E-state index contributed by atoms with van der Waals surface area (Å²) in [4.78, 5) is 4.18. The number of hydrogen-bond acceptors (Lipinski definition) is 3. The second kappa shape index (κ2) is 6.40. The lowest BCUT2D eigenvalue weighted by Gasteiger charge is -2.10. The first-order valence-electron chi connectivity index (χ1n) is 5.50. The van der Waals surface area contributed by atoms with E-state index in [1.54, 1.807) is 12.3 Å². The molecule has 84 valence electrons. The van der Waals surface area contributed by atoms with Crippen LogP contribution in [0.4, 0.5) is 5.69 Å². The average molecular weight is 208 g/mol. The smallest absolute Gasteiger partial charge is 0.0888 e. The van der Waals surface area contributed by atoms with Crippen molar-refractivity contribution in [1.82, 2.24) is 4.98 Å². The summed E-state index contributed by atoms with van der Waals surface area (Å²) in [7, 11) is 0. The third-order valence-electron chi connectivity index (χ3n) is 2.27. The van der Waals surface area contributed by atoms with E-state index in [0.717, 1.165) is 18.0 Å². The van der Waals surface area contributed by atoms with Crippen LogP contribution in [-0.2, 0) is 11.3 Å². The molecule has 0 saturated heterocycles. The minimum Gasteiger partial charge on any atom is -0.399 e. The maximum absolute atomic E-state index is 5.64. The van der Waals surface area contributed by atoms with Gasteiger partial charge < -0.3 is 10.5 Å². The molecule has 0 spiro atoms. The Balaban J connectivity index is 2.25. The predicted molar refractivity (Wildman–Crippen MR) is 62.4 cm³/mol. The third kappa shape index (κ3) is 4.79. The van der Waals surface area contributed by atoms with Gasteiger partial charge in [-0.05, 0) is 24.5 Å². The van der Waals surface area contributed by atoms with Crippen molar-refractivity contribution in [1.29, 1.82) is 0 Å². The van der Waals surface area contributed by atoms with Gasteiger partial charge in [-0.15, -0.1) is 0 Å². The Hall–Kier alpha value is -1.09. The fourth-order valence-electron chi connectivity index (χ4n) is 1.52. The van der Waals surface area contributed by atoms with Crippen molar-refractivity contribution in [2.24, 2.45) is 5.92 Å². The average Bonchev–Trinajstić information content (AvgIpc) is 2.18. The highest BCUT2D eigenvalue weighted by atomic mass is 16.5. The molecule has 0 aromatic carbocycles. The summed E-state index contributed by atoms with van der Waals surface area (Å²) in [6.45, 7) is 5.75. The summed E-state index contributed by atoms with van der Waals surface area (Å²) >= 11 is 0. The molecule has 1 aromatic rings. The van der Waals surface area contributed by atoms with E-state index in [1.807, 2.05) is 6.07 Å². The Morgan fingerprint density at radius 3 is 3.00 bits per heavy atom. The first-order chi connectivity index (χ1) is 7.22. The van der Waals surface area contributed by atoms with Gasteiger partial charge in [-0.2, -0.15) is 0 Å². The lowest BCUT2D eigenvalue weighted by atomic mass is 10.1. The maximum Gasteiger partial charge on any atom is 0.0888 e. The van der Waals surface area contributed by atoms with Crippen LogP contribution in [-0.4, -0.2) is 11.6 Å². The summed E-state index contributed by atoms with van der Waals surface area (Å²) in [5.74, 6) is 0.621. The molecule has 0 radical (unpaired) electrons. The SMILES string of the molecule is CCCC(C)COCc1cc(N)ccn1. The molecule has 1 aromatic heterocycles. The van der Waals surface area contributed by atoms with Crippen molar-refractivity contribution in [3.8, 4) is 0 Å². The molecule has 1 atom stereocenters. The lowest BCUT2D eigenvalue weighted by Crippen LogP contribution is -2.06. The van der Waals surface area contributed by atoms with E-state index in [1.165, 1.54) is 12.8 Å². The van der Waals surface area contributed by atoms with Gasteiger partial charge in [-0.25, -0.2) is 0 Å². The molecule has 0 aliphatic heterocycles. The van der Waals surface area contributed by atoms with Crippen LogP contribution in [0, 0.1) is 5.92 Å². The number of nitrogen functional groups attached to an aromatic ring is 1. The number of ether oxygens (including phenoxy) is 1. The number of anilines is 1. The molecule has 1 rings (SSSR count). The van der Waals surface area contributed by atoms with E-state index in [0.29, 0.717) is 12.5 Å². The number of aromatic nitrogens is 1. The first kappa shape index (κ1) is 12.0. The zero-order valence-electron chi connectivity index (χ0n) is 9.57. The molecule has 1 heterocycles. The minimum atomic E-state index is 0.555. The van der Waals surface area contributed by atoms with Gasteiger partial charge >= 0.3 is 0 Å². The largest absolute Gasteiger partial charge is 0.399 e. The molecule has 2 N–H and O–H groups in total. The van der Waals surface area contributed by atoms with Gasteiger partial charge in [0.2, 0.25) is 0 Å².